The van der Waals surface area contributed by atoms with Crippen LogP contribution in [0.15, 0.2) is 30.5 Å². The summed E-state index contributed by atoms with van der Waals surface area (Å²) >= 11 is 0. The minimum atomic E-state index is -1.56. The van der Waals surface area contributed by atoms with E-state index in [-0.39, 0.29) is 24.1 Å². The van der Waals surface area contributed by atoms with Crippen LogP contribution in [0.25, 0.3) is 0 Å². The Balaban J connectivity index is 0.00000115. The number of ether oxygens (including phenoxy) is 2. The van der Waals surface area contributed by atoms with Crippen molar-refractivity contribution in [3.8, 4) is 5.75 Å². The molecule has 0 spiro atoms. The van der Waals surface area contributed by atoms with E-state index in [1.54, 1.807) is 21.1 Å². The molecule has 38 heavy (non-hydrogen) atoms. The van der Waals surface area contributed by atoms with Crippen LogP contribution in [0, 0.1) is 6.92 Å². The quantitative estimate of drug-likeness (QED) is 0.141. The van der Waals surface area contributed by atoms with Crippen LogP contribution in [0.1, 0.15) is 65.0 Å². The average molecular weight is 556 g/mol. The lowest BCUT2D eigenvalue weighted by Crippen LogP contribution is -2.35. The molecule has 1 aromatic carbocycles. The van der Waals surface area contributed by atoms with Crippen LogP contribution >= 0.6 is 8.53 Å². The number of carbonyl (C=O) groups is 3. The highest BCUT2D eigenvalue weighted by atomic mass is 31.2. The molecular formula is C27H46N3O7P. The minimum Gasteiger partial charge on any atom is -0.462 e. The Morgan fingerprint density at radius 2 is 1.82 bits per heavy atom. The zero-order valence-electron chi connectivity index (χ0n) is 24.4. The number of amides is 2. The monoisotopic (exact) mass is 555 g/mol. The molecule has 2 amide bonds. The van der Waals surface area contributed by atoms with Crippen LogP contribution in [0.5, 0.6) is 5.75 Å². The highest BCUT2D eigenvalue weighted by Gasteiger charge is 2.25. The van der Waals surface area contributed by atoms with E-state index >= 15 is 0 Å². The number of methoxy groups -OCH3 is 1. The first-order valence-corrected chi connectivity index (χ1v) is 13.8. The number of rotatable bonds is 15. The predicted octanol–water partition coefficient (Wildman–Crippen LogP) is 4.43. The van der Waals surface area contributed by atoms with Gasteiger partial charge in [0.1, 0.15) is 11.8 Å². The van der Waals surface area contributed by atoms with Crippen molar-refractivity contribution < 1.29 is 32.9 Å². The van der Waals surface area contributed by atoms with Gasteiger partial charge in [-0.25, -0.2) is 5.09 Å². The third-order valence-corrected chi connectivity index (χ3v) is 6.36. The summed E-state index contributed by atoms with van der Waals surface area (Å²) in [6.45, 7) is 14.1. The van der Waals surface area contributed by atoms with Crippen LogP contribution in [-0.4, -0.2) is 69.2 Å². The minimum absolute atomic E-state index is 0.0320. The maximum atomic E-state index is 12.2. The van der Waals surface area contributed by atoms with E-state index in [2.05, 4.69) is 36.4 Å². The Morgan fingerprint density at radius 1 is 1.16 bits per heavy atom. The number of nitrogens with zero attached hydrogens (tertiary/aromatic N) is 1. The zero-order chi connectivity index (χ0) is 29.3. The summed E-state index contributed by atoms with van der Waals surface area (Å²) in [5, 5.41) is 5.53. The molecule has 0 saturated heterocycles. The summed E-state index contributed by atoms with van der Waals surface area (Å²) in [4.78, 5) is 33.9. The lowest BCUT2D eigenvalue weighted by Gasteiger charge is -2.25. The van der Waals surface area contributed by atoms with E-state index in [4.69, 9.17) is 18.5 Å². The van der Waals surface area contributed by atoms with Crippen LogP contribution in [0.2, 0.25) is 0 Å². The normalized spacial score (nSPS) is 13.4. The van der Waals surface area contributed by atoms with Gasteiger partial charge in [0.05, 0.1) is 18.8 Å². The summed E-state index contributed by atoms with van der Waals surface area (Å²) < 4.78 is 22.9. The van der Waals surface area contributed by atoms with Crippen molar-refractivity contribution in [3.63, 3.8) is 0 Å². The van der Waals surface area contributed by atoms with Gasteiger partial charge in [-0.1, -0.05) is 32.9 Å². The highest BCUT2D eigenvalue weighted by Crippen LogP contribution is 2.40. The van der Waals surface area contributed by atoms with Crippen molar-refractivity contribution in [2.75, 3.05) is 27.8 Å². The van der Waals surface area contributed by atoms with Gasteiger partial charge in [-0.05, 0) is 57.2 Å². The Kier molecular flexibility index (Phi) is 18.2. The first-order valence-electron chi connectivity index (χ1n) is 12.7. The van der Waals surface area contributed by atoms with Crippen molar-refractivity contribution in [2.45, 2.75) is 79.1 Å². The van der Waals surface area contributed by atoms with Gasteiger partial charge in [-0.3, -0.25) is 14.4 Å². The van der Waals surface area contributed by atoms with Crippen LogP contribution in [0.4, 0.5) is 0 Å². The number of likely N-dealkylation sites (N-methyl/N-ethyl adjacent to an activating group) is 1. The van der Waals surface area contributed by atoms with Gasteiger partial charge in [0.2, 0.25) is 12.3 Å². The molecule has 0 aliphatic carbocycles. The molecule has 11 heteroatoms. The second kappa shape index (κ2) is 19.5. The number of benzene rings is 1. The fraction of sp³-hybridized carbons (Fsp3) is 0.593. The van der Waals surface area contributed by atoms with E-state index in [0.29, 0.717) is 18.9 Å². The summed E-state index contributed by atoms with van der Waals surface area (Å²) in [7, 11) is 3.17. The van der Waals surface area contributed by atoms with Gasteiger partial charge in [0, 0.05) is 33.5 Å². The van der Waals surface area contributed by atoms with Gasteiger partial charge < -0.3 is 28.7 Å². The first-order chi connectivity index (χ1) is 17.9. The molecule has 216 valence electrons. The largest absolute Gasteiger partial charge is 0.462 e. The summed E-state index contributed by atoms with van der Waals surface area (Å²) in [6, 6.07) is 5.59. The third-order valence-electron chi connectivity index (χ3n) is 5.02. The van der Waals surface area contributed by atoms with E-state index in [9.17, 15) is 14.4 Å². The Morgan fingerprint density at radius 3 is 2.32 bits per heavy atom. The Hall–Kier alpha value is -2.52. The summed E-state index contributed by atoms with van der Waals surface area (Å²) in [5.74, 6) is 0.511. The zero-order valence-corrected chi connectivity index (χ0v) is 25.3. The molecule has 0 aromatic heterocycles. The number of hydrogen-bond donors (Lipinski definition) is 2. The molecule has 1 rings (SSSR count). The Bertz CT molecular complexity index is 876. The number of esters is 1. The van der Waals surface area contributed by atoms with Crippen molar-refractivity contribution >= 4 is 26.8 Å². The van der Waals surface area contributed by atoms with E-state index < -0.39 is 14.6 Å². The molecule has 0 fully saturated rings. The second-order valence-electron chi connectivity index (χ2n) is 9.14. The fourth-order valence-electron chi connectivity index (χ4n) is 2.73. The molecule has 3 atom stereocenters. The van der Waals surface area contributed by atoms with Crippen molar-refractivity contribution in [2.24, 2.45) is 0 Å². The van der Waals surface area contributed by atoms with Gasteiger partial charge in [0.15, 0.2) is 0 Å². The molecule has 1 aromatic rings. The fourth-order valence-corrected chi connectivity index (χ4v) is 3.97. The van der Waals surface area contributed by atoms with E-state index in [1.807, 2.05) is 33.8 Å². The number of nitrogens with one attached hydrogen (secondary N) is 2. The van der Waals surface area contributed by atoms with Crippen molar-refractivity contribution in [1.29, 1.82) is 0 Å². The molecule has 0 aliphatic rings. The maximum absolute atomic E-state index is 12.2. The van der Waals surface area contributed by atoms with Crippen molar-refractivity contribution in [3.05, 3.63) is 41.6 Å². The smallest absolute Gasteiger partial charge is 0.323 e. The lowest BCUT2D eigenvalue weighted by atomic mass is 10.0. The van der Waals surface area contributed by atoms with Gasteiger partial charge in [0.25, 0.3) is 0 Å². The van der Waals surface area contributed by atoms with Gasteiger partial charge in [-0.15, -0.1) is 0 Å². The second-order valence-corrected chi connectivity index (χ2v) is 10.4. The van der Waals surface area contributed by atoms with Gasteiger partial charge in [-0.2, -0.15) is 0 Å². The van der Waals surface area contributed by atoms with Crippen LogP contribution in [0.3, 0.4) is 0 Å². The average Bonchev–Trinajstić information content (AvgIpc) is 2.87. The molecule has 0 aliphatic heterocycles. The predicted molar refractivity (Wildman–Crippen MR) is 151 cm³/mol. The van der Waals surface area contributed by atoms with Crippen molar-refractivity contribution in [1.82, 2.24) is 15.3 Å². The summed E-state index contributed by atoms with van der Waals surface area (Å²) in [6.07, 6.45) is 3.88. The van der Waals surface area contributed by atoms with Crippen LogP contribution in [-0.2, 0) is 28.4 Å². The standard InChI is InChI=1S/C21H36NO5P.C6H10N2O2/c1-9-18(24-8)13-25-28(22-17(7)21(23)26-15(4)5)27-20-12-16(6)10-11-19(20)14(2)3;1-7-6(10)3-4-8(2)5-9/h10-12,14-15,17-18,22H,9,13H2,1-8H3;3-5H,1-2H3,(H,7,10)/b;4-3-. The topological polar surface area (TPSA) is 115 Å². The first kappa shape index (κ1) is 35.5. The number of aryl methyl sites for hydroxylation is 1. The number of hydrogen-bond acceptors (Lipinski definition) is 8. The van der Waals surface area contributed by atoms with Gasteiger partial charge >= 0.3 is 14.5 Å². The van der Waals surface area contributed by atoms with Crippen LogP contribution < -0.4 is 14.9 Å². The molecule has 3 unspecified atom stereocenters. The lowest BCUT2D eigenvalue weighted by molar-refractivity contribution is -0.149. The highest BCUT2D eigenvalue weighted by molar-refractivity contribution is 7.45. The van der Waals surface area contributed by atoms with E-state index in [1.165, 1.54) is 24.2 Å². The molecule has 0 heterocycles. The molecule has 0 bridgehead atoms. The number of carbonyl (C=O) groups excluding carboxylic acids is 3. The Labute approximate surface area is 229 Å². The molecule has 2 N–H and O–H groups in total. The SMILES string of the molecule is CCC(COP(NC(C)C(=O)OC(C)C)Oc1cc(C)ccc1C(C)C)OC.CNC(=O)/C=C\N(C)C=O. The molecule has 10 nitrogen and oxygen atoms in total. The molecule has 0 radical (unpaired) electrons. The third kappa shape index (κ3) is 15.0. The maximum Gasteiger partial charge on any atom is 0.323 e. The molecular weight excluding hydrogens is 509 g/mol. The molecule has 0 saturated carbocycles. The van der Waals surface area contributed by atoms with E-state index in [0.717, 1.165) is 23.3 Å². The summed E-state index contributed by atoms with van der Waals surface area (Å²) in [5.41, 5.74) is 2.20.